The van der Waals surface area contributed by atoms with Crippen molar-refractivity contribution >= 4 is 43.1 Å². The van der Waals surface area contributed by atoms with Crippen LogP contribution in [-0.2, 0) is 5.41 Å². The number of fused-ring (bicyclic) bond motifs is 11. The second-order valence-electron chi connectivity index (χ2n) is 13.2. The highest BCUT2D eigenvalue weighted by Crippen LogP contribution is 2.51. The number of nitrogens with zero attached hydrogens (tertiary/aromatic N) is 1. The number of allylic oxidation sites excluding steroid dienone is 1. The van der Waals surface area contributed by atoms with Gasteiger partial charge in [0.25, 0.3) is 0 Å². The molecule has 0 heterocycles. The van der Waals surface area contributed by atoms with E-state index in [0.29, 0.717) is 5.56 Å². The fourth-order valence-corrected chi connectivity index (χ4v) is 7.83. The van der Waals surface area contributed by atoms with Crippen LogP contribution in [0.15, 0.2) is 152 Å². The van der Waals surface area contributed by atoms with Gasteiger partial charge in [-0.1, -0.05) is 129 Å². The Labute approximate surface area is 282 Å². The molecule has 0 radical (unpaired) electrons. The summed E-state index contributed by atoms with van der Waals surface area (Å²) in [7, 11) is 0. The van der Waals surface area contributed by atoms with E-state index in [1.165, 1.54) is 82.0 Å². The summed E-state index contributed by atoms with van der Waals surface area (Å²) >= 11 is 0. The van der Waals surface area contributed by atoms with Crippen LogP contribution in [0.5, 0.6) is 0 Å². The summed E-state index contributed by atoms with van der Waals surface area (Å²) in [6, 6.07) is 53.1. The van der Waals surface area contributed by atoms with Crippen molar-refractivity contribution in [3.8, 4) is 39.4 Å². The van der Waals surface area contributed by atoms with Crippen molar-refractivity contribution < 1.29 is 0 Å². The van der Waals surface area contributed by atoms with Gasteiger partial charge in [-0.3, -0.25) is 0 Å². The molecule has 1 aliphatic rings. The third-order valence-electron chi connectivity index (χ3n) is 10.1. The molecule has 0 bridgehead atoms. The largest absolute Gasteiger partial charge is 0.192 e. The highest BCUT2D eigenvalue weighted by atomic mass is 14.4. The molecule has 1 aliphatic carbocycles. The Balaban J connectivity index is 0.00000108. The highest BCUT2D eigenvalue weighted by molar-refractivity contribution is 6.33. The second-order valence-corrected chi connectivity index (χ2v) is 13.2. The first-order chi connectivity index (χ1) is 23.4. The van der Waals surface area contributed by atoms with Gasteiger partial charge >= 0.3 is 0 Å². The maximum absolute atomic E-state index is 9.25. The molecule has 0 unspecified atom stereocenters. The molecule has 0 saturated carbocycles. The van der Waals surface area contributed by atoms with Crippen LogP contribution in [0.4, 0.5) is 0 Å². The summed E-state index contributed by atoms with van der Waals surface area (Å²) in [5.74, 6) is 0. The normalized spacial score (nSPS) is 12.7. The average molecular weight is 614 g/mol. The summed E-state index contributed by atoms with van der Waals surface area (Å²) in [5, 5.41) is 19.6. The van der Waals surface area contributed by atoms with Crippen molar-refractivity contribution in [2.45, 2.75) is 26.2 Å². The van der Waals surface area contributed by atoms with Crippen molar-refractivity contribution in [2.24, 2.45) is 0 Å². The Bertz CT molecular complexity index is 2610. The molecule has 0 aliphatic heterocycles. The molecule has 0 saturated heterocycles. The molecule has 0 N–H and O–H groups in total. The van der Waals surface area contributed by atoms with E-state index in [9.17, 15) is 5.26 Å². The van der Waals surface area contributed by atoms with Crippen LogP contribution in [0.2, 0.25) is 0 Å². The standard InChI is InChI=1S/C44H29N.C3H6/c1-44(2)41-23-29(28-17-15-27(26-45)16-18-28)19-21-35(41)36-22-20-30(24-42(36)44)39-25-40-33-11-4-3-9-31(33)32-10-5-7-13-37(32)43(40)38-14-8-6-12-34(38)39;1-3-2/h3-25H,1-2H3;3H,1H2,2H3. The van der Waals surface area contributed by atoms with E-state index < -0.39 is 0 Å². The number of nitriles is 1. The Kier molecular flexibility index (Phi) is 6.97. The van der Waals surface area contributed by atoms with Gasteiger partial charge in [0.1, 0.15) is 0 Å². The zero-order valence-electron chi connectivity index (χ0n) is 27.5. The molecule has 0 fully saturated rings. The number of hydrogen-bond acceptors (Lipinski definition) is 1. The van der Waals surface area contributed by atoms with Crippen LogP contribution in [0.3, 0.4) is 0 Å². The first-order valence-electron chi connectivity index (χ1n) is 16.6. The van der Waals surface area contributed by atoms with E-state index in [0.717, 1.165) is 5.56 Å². The maximum atomic E-state index is 9.25. The van der Waals surface area contributed by atoms with Crippen LogP contribution in [0.1, 0.15) is 37.5 Å². The van der Waals surface area contributed by atoms with Crippen molar-refractivity contribution in [2.75, 3.05) is 0 Å². The predicted molar refractivity (Wildman–Crippen MR) is 205 cm³/mol. The molecule has 228 valence electrons. The van der Waals surface area contributed by atoms with Crippen LogP contribution in [0.25, 0.3) is 76.5 Å². The SMILES string of the molecule is C=CC.CC1(C)c2cc(-c3ccc(C#N)cc3)ccc2-c2ccc(-c3cc4c5ccccc5c5ccccc5c4c4ccccc34)cc21. The molecular formula is C47H35N. The molecule has 8 aromatic rings. The zero-order chi connectivity index (χ0) is 33.0. The van der Waals surface area contributed by atoms with Crippen LogP contribution in [-0.4, -0.2) is 0 Å². The number of rotatable bonds is 2. The van der Waals surface area contributed by atoms with E-state index in [1.54, 1.807) is 6.08 Å². The monoisotopic (exact) mass is 613 g/mol. The summed E-state index contributed by atoms with van der Waals surface area (Å²) in [6.45, 7) is 9.95. The third kappa shape index (κ3) is 4.45. The van der Waals surface area contributed by atoms with Gasteiger partial charge in [-0.25, -0.2) is 0 Å². The van der Waals surface area contributed by atoms with Gasteiger partial charge in [0.05, 0.1) is 11.6 Å². The Morgan fingerprint density at radius 1 is 0.500 bits per heavy atom. The predicted octanol–water partition coefficient (Wildman–Crippen LogP) is 13.0. The summed E-state index contributed by atoms with van der Waals surface area (Å²) < 4.78 is 0. The topological polar surface area (TPSA) is 23.8 Å². The second kappa shape index (κ2) is 11.4. The van der Waals surface area contributed by atoms with Gasteiger partial charge in [0.15, 0.2) is 0 Å². The minimum absolute atomic E-state index is 0.154. The summed E-state index contributed by atoms with van der Waals surface area (Å²) in [5.41, 5.74) is 10.7. The molecule has 0 aromatic heterocycles. The molecular weight excluding hydrogens is 579 g/mol. The Morgan fingerprint density at radius 3 is 1.52 bits per heavy atom. The van der Waals surface area contributed by atoms with Crippen molar-refractivity contribution in [3.63, 3.8) is 0 Å². The number of hydrogen-bond donors (Lipinski definition) is 0. The van der Waals surface area contributed by atoms with Crippen LogP contribution in [0, 0.1) is 11.3 Å². The van der Waals surface area contributed by atoms with E-state index >= 15 is 0 Å². The van der Waals surface area contributed by atoms with Crippen molar-refractivity contribution in [1.82, 2.24) is 0 Å². The highest BCUT2D eigenvalue weighted by Gasteiger charge is 2.36. The maximum Gasteiger partial charge on any atom is 0.0991 e. The molecule has 0 amide bonds. The molecule has 0 spiro atoms. The first kappa shape index (κ1) is 29.4. The van der Waals surface area contributed by atoms with E-state index in [1.807, 2.05) is 31.2 Å². The Morgan fingerprint density at radius 2 is 0.938 bits per heavy atom. The van der Waals surface area contributed by atoms with Gasteiger partial charge in [0, 0.05) is 5.41 Å². The lowest BCUT2D eigenvalue weighted by molar-refractivity contribution is 0.661. The van der Waals surface area contributed by atoms with Gasteiger partial charge in [-0.2, -0.15) is 5.26 Å². The average Bonchev–Trinajstić information content (AvgIpc) is 3.36. The van der Waals surface area contributed by atoms with E-state index in [2.05, 4.69) is 142 Å². The molecule has 0 atom stereocenters. The first-order valence-corrected chi connectivity index (χ1v) is 16.6. The summed E-state index contributed by atoms with van der Waals surface area (Å²) in [6.07, 6.45) is 1.75. The smallest absolute Gasteiger partial charge is 0.0991 e. The lowest BCUT2D eigenvalue weighted by atomic mass is 9.80. The fraction of sp³-hybridized carbons (Fsp3) is 0.0851. The third-order valence-corrected chi connectivity index (χ3v) is 10.1. The molecule has 8 aromatic carbocycles. The molecule has 1 heteroatoms. The zero-order valence-corrected chi connectivity index (χ0v) is 27.5. The lowest BCUT2D eigenvalue weighted by Crippen LogP contribution is -2.15. The van der Waals surface area contributed by atoms with Crippen molar-refractivity contribution in [3.05, 3.63) is 169 Å². The fourth-order valence-electron chi connectivity index (χ4n) is 7.83. The van der Waals surface area contributed by atoms with Gasteiger partial charge < -0.3 is 0 Å². The number of benzene rings is 8. The quantitative estimate of drug-likeness (QED) is 0.141. The summed E-state index contributed by atoms with van der Waals surface area (Å²) in [4.78, 5) is 0. The van der Waals surface area contributed by atoms with Gasteiger partial charge in [0.2, 0.25) is 0 Å². The molecule has 48 heavy (non-hydrogen) atoms. The van der Waals surface area contributed by atoms with E-state index in [4.69, 9.17) is 0 Å². The van der Waals surface area contributed by atoms with Crippen LogP contribution >= 0.6 is 0 Å². The van der Waals surface area contributed by atoms with Crippen molar-refractivity contribution in [1.29, 1.82) is 5.26 Å². The van der Waals surface area contributed by atoms with E-state index in [-0.39, 0.29) is 5.41 Å². The Hall–Kier alpha value is -5.97. The van der Waals surface area contributed by atoms with Gasteiger partial charge in [-0.05, 0) is 125 Å². The molecule has 9 rings (SSSR count). The molecule has 1 nitrogen and oxygen atoms in total. The minimum Gasteiger partial charge on any atom is -0.192 e. The minimum atomic E-state index is -0.154. The lowest BCUT2D eigenvalue weighted by Gasteiger charge is -2.23. The van der Waals surface area contributed by atoms with Crippen LogP contribution < -0.4 is 0 Å². The van der Waals surface area contributed by atoms with Gasteiger partial charge in [-0.15, -0.1) is 6.58 Å².